The first-order valence-corrected chi connectivity index (χ1v) is 6.13. The van der Waals surface area contributed by atoms with Gasteiger partial charge in [-0.15, -0.1) is 11.3 Å². The number of aromatic nitrogens is 2. The van der Waals surface area contributed by atoms with Gasteiger partial charge in [0.15, 0.2) is 5.82 Å². The third kappa shape index (κ3) is 3.28. The summed E-state index contributed by atoms with van der Waals surface area (Å²) < 4.78 is 0. The van der Waals surface area contributed by atoms with E-state index in [4.69, 9.17) is 5.11 Å². The average Bonchev–Trinajstić information content (AvgIpc) is 2.87. The molecule has 0 atom stereocenters. The monoisotopic (exact) mass is 275 g/mol. The van der Waals surface area contributed by atoms with Crippen molar-refractivity contribution in [3.8, 4) is 11.8 Å². The molecule has 3 N–H and O–H groups in total. The molecular weight excluding hydrogens is 266 g/mol. The van der Waals surface area contributed by atoms with E-state index in [9.17, 15) is 9.59 Å². The van der Waals surface area contributed by atoms with Gasteiger partial charge in [-0.25, -0.2) is 5.10 Å². The molecule has 0 radical (unpaired) electrons. The van der Waals surface area contributed by atoms with Gasteiger partial charge in [0.25, 0.3) is 11.5 Å². The Bertz CT molecular complexity index is 688. The van der Waals surface area contributed by atoms with Crippen LogP contribution in [0.4, 0.5) is 5.82 Å². The quantitative estimate of drug-likeness (QED) is 0.692. The maximum absolute atomic E-state index is 12.0. The molecule has 0 aromatic carbocycles. The number of hydrogen-bond donors (Lipinski definition) is 3. The number of H-pyrrole nitrogens is 1. The predicted octanol–water partition coefficient (Wildman–Crippen LogP) is 0.428. The Morgan fingerprint density at radius 3 is 3.00 bits per heavy atom. The number of rotatable bonds is 2. The van der Waals surface area contributed by atoms with Crippen molar-refractivity contribution in [2.75, 3.05) is 11.9 Å². The molecule has 0 aliphatic carbocycles. The van der Waals surface area contributed by atoms with Gasteiger partial charge < -0.3 is 10.4 Å². The number of aromatic amines is 1. The summed E-state index contributed by atoms with van der Waals surface area (Å²) in [5.74, 6) is 5.06. The summed E-state index contributed by atoms with van der Waals surface area (Å²) in [6.07, 6.45) is 0. The normalized spacial score (nSPS) is 9.53. The number of hydrogen-bond acceptors (Lipinski definition) is 5. The average molecular weight is 275 g/mol. The number of nitrogens with one attached hydrogen (secondary N) is 2. The number of carbonyl (C=O) groups is 1. The molecule has 0 bridgehead atoms. The number of nitrogens with zero attached hydrogens (tertiary/aromatic N) is 1. The van der Waals surface area contributed by atoms with Crippen molar-refractivity contribution in [1.82, 2.24) is 10.2 Å². The van der Waals surface area contributed by atoms with Crippen molar-refractivity contribution in [1.29, 1.82) is 0 Å². The van der Waals surface area contributed by atoms with E-state index in [0.29, 0.717) is 10.4 Å². The molecule has 0 saturated heterocycles. The lowest BCUT2D eigenvalue weighted by Gasteiger charge is -2.01. The second kappa shape index (κ2) is 5.95. The summed E-state index contributed by atoms with van der Waals surface area (Å²) in [6, 6.07) is 4.37. The number of aliphatic hydroxyl groups excluding tert-OH is 1. The van der Waals surface area contributed by atoms with E-state index in [1.807, 2.05) is 0 Å². The van der Waals surface area contributed by atoms with Crippen LogP contribution in [0.15, 0.2) is 28.4 Å². The Morgan fingerprint density at radius 2 is 2.32 bits per heavy atom. The molecule has 2 rings (SSSR count). The SMILES string of the molecule is O=C(Nc1ccc(=O)[nH]n1)c1sccc1C#CCO. The highest BCUT2D eigenvalue weighted by Gasteiger charge is 2.12. The minimum absolute atomic E-state index is 0.249. The predicted molar refractivity (Wildman–Crippen MR) is 71.1 cm³/mol. The molecule has 6 nitrogen and oxygen atoms in total. The Labute approximate surface area is 112 Å². The van der Waals surface area contributed by atoms with E-state index in [-0.39, 0.29) is 23.9 Å². The highest BCUT2D eigenvalue weighted by atomic mass is 32.1. The third-order valence-corrected chi connectivity index (χ3v) is 3.01. The number of anilines is 1. The minimum atomic E-state index is -0.364. The minimum Gasteiger partial charge on any atom is -0.384 e. The summed E-state index contributed by atoms with van der Waals surface area (Å²) in [6.45, 7) is -0.265. The van der Waals surface area contributed by atoms with Crippen LogP contribution >= 0.6 is 11.3 Å². The summed E-state index contributed by atoms with van der Waals surface area (Å²) in [4.78, 5) is 23.2. The summed E-state index contributed by atoms with van der Waals surface area (Å²) in [5, 5.41) is 18.8. The molecule has 2 aromatic rings. The Hall–Kier alpha value is -2.43. The van der Waals surface area contributed by atoms with Gasteiger partial charge in [-0.1, -0.05) is 11.8 Å². The van der Waals surface area contributed by atoms with E-state index < -0.39 is 0 Å². The molecule has 2 heterocycles. The first-order chi connectivity index (χ1) is 9.20. The van der Waals surface area contributed by atoms with Crippen LogP contribution in [0.2, 0.25) is 0 Å². The maximum Gasteiger partial charge on any atom is 0.268 e. The molecule has 7 heteroatoms. The van der Waals surface area contributed by atoms with Gasteiger partial charge in [-0.2, -0.15) is 5.10 Å². The molecule has 2 aromatic heterocycles. The van der Waals surface area contributed by atoms with E-state index >= 15 is 0 Å². The van der Waals surface area contributed by atoms with Crippen LogP contribution in [-0.2, 0) is 0 Å². The summed E-state index contributed by atoms with van der Waals surface area (Å²) >= 11 is 1.23. The smallest absolute Gasteiger partial charge is 0.268 e. The van der Waals surface area contributed by atoms with Crippen molar-refractivity contribution in [2.24, 2.45) is 0 Å². The van der Waals surface area contributed by atoms with Crippen LogP contribution in [0.1, 0.15) is 15.2 Å². The van der Waals surface area contributed by atoms with Gasteiger partial charge in [0.05, 0.1) is 0 Å². The first-order valence-electron chi connectivity index (χ1n) is 5.25. The first kappa shape index (κ1) is 13.0. The number of carbonyl (C=O) groups excluding carboxylic acids is 1. The Kier molecular flexibility index (Phi) is 4.07. The lowest BCUT2D eigenvalue weighted by molar-refractivity contribution is 0.103. The molecule has 0 fully saturated rings. The maximum atomic E-state index is 12.0. The zero-order valence-electron chi connectivity index (χ0n) is 9.64. The molecule has 0 saturated carbocycles. The standard InChI is InChI=1S/C12H9N3O3S/c16-6-1-2-8-5-7-19-11(8)12(18)13-9-3-4-10(17)15-14-9/h3-5,7,16H,6H2,(H,15,17)(H,13,14,18). The lowest BCUT2D eigenvalue weighted by Crippen LogP contribution is -2.15. The number of amides is 1. The van der Waals surface area contributed by atoms with Gasteiger partial charge in [-0.05, 0) is 17.5 Å². The van der Waals surface area contributed by atoms with Crippen LogP contribution in [0.25, 0.3) is 0 Å². The summed E-state index contributed by atoms with van der Waals surface area (Å²) in [7, 11) is 0. The zero-order valence-corrected chi connectivity index (χ0v) is 10.5. The number of aliphatic hydroxyl groups is 1. The van der Waals surface area contributed by atoms with Gasteiger partial charge in [-0.3, -0.25) is 9.59 Å². The fraction of sp³-hybridized carbons (Fsp3) is 0.0833. The highest BCUT2D eigenvalue weighted by molar-refractivity contribution is 7.12. The van der Waals surface area contributed by atoms with Gasteiger partial charge >= 0.3 is 0 Å². The van der Waals surface area contributed by atoms with Gasteiger partial charge in [0.2, 0.25) is 0 Å². The van der Waals surface area contributed by atoms with Crippen molar-refractivity contribution in [3.05, 3.63) is 44.4 Å². The van der Waals surface area contributed by atoms with E-state index in [2.05, 4.69) is 27.4 Å². The molecule has 0 spiro atoms. The van der Waals surface area contributed by atoms with E-state index in [0.717, 1.165) is 0 Å². The second-order valence-corrected chi connectivity index (χ2v) is 4.30. The van der Waals surface area contributed by atoms with Crippen LogP contribution in [0, 0.1) is 11.8 Å². The second-order valence-electron chi connectivity index (χ2n) is 3.38. The molecule has 0 aliphatic rings. The lowest BCUT2D eigenvalue weighted by atomic mass is 10.2. The molecule has 0 unspecified atom stereocenters. The van der Waals surface area contributed by atoms with Crippen LogP contribution < -0.4 is 10.9 Å². The molecule has 96 valence electrons. The van der Waals surface area contributed by atoms with Crippen LogP contribution in [0.3, 0.4) is 0 Å². The van der Waals surface area contributed by atoms with Crippen LogP contribution in [0.5, 0.6) is 0 Å². The molecule has 19 heavy (non-hydrogen) atoms. The highest BCUT2D eigenvalue weighted by Crippen LogP contribution is 2.17. The van der Waals surface area contributed by atoms with Crippen molar-refractivity contribution >= 4 is 23.1 Å². The Balaban J connectivity index is 2.18. The van der Waals surface area contributed by atoms with Gasteiger partial charge in [0, 0.05) is 11.6 Å². The largest absolute Gasteiger partial charge is 0.384 e. The van der Waals surface area contributed by atoms with Crippen molar-refractivity contribution in [3.63, 3.8) is 0 Å². The topological polar surface area (TPSA) is 95.1 Å². The zero-order chi connectivity index (χ0) is 13.7. The van der Waals surface area contributed by atoms with Crippen molar-refractivity contribution < 1.29 is 9.90 Å². The van der Waals surface area contributed by atoms with Gasteiger partial charge in [0.1, 0.15) is 11.5 Å². The Morgan fingerprint density at radius 1 is 1.47 bits per heavy atom. The van der Waals surface area contributed by atoms with E-state index in [1.165, 1.54) is 23.5 Å². The summed E-state index contributed by atoms with van der Waals surface area (Å²) in [5.41, 5.74) is 0.199. The number of thiophene rings is 1. The third-order valence-electron chi connectivity index (χ3n) is 2.09. The molecule has 1 amide bonds. The van der Waals surface area contributed by atoms with Crippen molar-refractivity contribution in [2.45, 2.75) is 0 Å². The molecule has 0 aliphatic heterocycles. The van der Waals surface area contributed by atoms with Crippen LogP contribution in [-0.4, -0.2) is 27.8 Å². The molecular formula is C12H9N3O3S. The fourth-order valence-corrected chi connectivity index (χ4v) is 2.05. The fourth-order valence-electron chi connectivity index (χ4n) is 1.31. The van der Waals surface area contributed by atoms with E-state index in [1.54, 1.807) is 11.4 Å².